The third kappa shape index (κ3) is 4.00. The van der Waals surface area contributed by atoms with E-state index in [0.29, 0.717) is 22.4 Å². The van der Waals surface area contributed by atoms with E-state index < -0.39 is 16.6 Å². The molecule has 0 bridgehead atoms. The van der Waals surface area contributed by atoms with Gasteiger partial charge in [-0.2, -0.15) is 0 Å². The zero-order valence-electron chi connectivity index (χ0n) is 17.1. The van der Waals surface area contributed by atoms with Crippen LogP contribution < -0.4 is 5.32 Å². The second-order valence-electron chi connectivity index (χ2n) is 7.22. The molecule has 0 atom stereocenters. The first kappa shape index (κ1) is 21.4. The number of rotatable bonds is 5. The number of carbonyl (C=O) groups is 1. The number of nitrogens with zero attached hydrogens (tertiary/aromatic N) is 2. The molecular weight excluding hydrogens is 465 g/mol. The van der Waals surface area contributed by atoms with E-state index in [1.54, 1.807) is 36.4 Å². The van der Waals surface area contributed by atoms with Crippen molar-refractivity contribution in [3.63, 3.8) is 0 Å². The summed E-state index contributed by atoms with van der Waals surface area (Å²) in [6.45, 7) is 0. The van der Waals surface area contributed by atoms with Gasteiger partial charge in [-0.1, -0.05) is 23.7 Å². The fraction of sp³-hybridized carbons (Fsp3) is 0. The molecule has 168 valence electrons. The summed E-state index contributed by atoms with van der Waals surface area (Å²) in [6.07, 6.45) is 0. The van der Waals surface area contributed by atoms with Crippen LogP contribution in [0.3, 0.4) is 0 Å². The van der Waals surface area contributed by atoms with Gasteiger partial charge in [-0.3, -0.25) is 14.9 Å². The highest BCUT2D eigenvalue weighted by Gasteiger charge is 2.20. The van der Waals surface area contributed by atoms with Gasteiger partial charge in [-0.15, -0.1) is 0 Å². The molecule has 3 aromatic carbocycles. The molecule has 8 nitrogen and oxygen atoms in total. The van der Waals surface area contributed by atoms with E-state index in [0.717, 1.165) is 0 Å². The lowest BCUT2D eigenvalue weighted by Crippen LogP contribution is -2.10. The number of oxazole rings is 1. The topological polar surface area (TPSA) is 111 Å². The standard InChI is InChI=1S/C24H13ClFN3O5/c25-17-11-13(26)5-7-15(17)24-28-18-12-14(6-8-21(18)34-24)27-23(30)22-10-9-20(33-22)16-3-1-2-4-19(16)29(31)32/h1-12H,(H,27,30). The summed E-state index contributed by atoms with van der Waals surface area (Å²) in [5, 5.41) is 14.1. The molecule has 0 spiro atoms. The Labute approximate surface area is 195 Å². The molecule has 0 aliphatic carbocycles. The number of benzene rings is 3. The lowest BCUT2D eigenvalue weighted by Gasteiger charge is -2.03. The van der Waals surface area contributed by atoms with Crippen molar-refractivity contribution in [3.8, 4) is 22.8 Å². The monoisotopic (exact) mass is 477 g/mol. The number of hydrogen-bond donors (Lipinski definition) is 1. The number of aromatic nitrogens is 1. The summed E-state index contributed by atoms with van der Waals surface area (Å²) in [4.78, 5) is 27.8. The van der Waals surface area contributed by atoms with E-state index in [-0.39, 0.29) is 33.7 Å². The number of nitro groups is 1. The maximum Gasteiger partial charge on any atom is 0.291 e. The minimum atomic E-state index is -0.547. The lowest BCUT2D eigenvalue weighted by atomic mass is 10.1. The zero-order valence-corrected chi connectivity index (χ0v) is 17.9. The second kappa shape index (κ2) is 8.45. The van der Waals surface area contributed by atoms with Gasteiger partial charge < -0.3 is 14.2 Å². The molecule has 2 aromatic heterocycles. The van der Waals surface area contributed by atoms with Crippen molar-refractivity contribution in [1.82, 2.24) is 4.98 Å². The van der Waals surface area contributed by atoms with Gasteiger partial charge in [0.05, 0.1) is 21.1 Å². The van der Waals surface area contributed by atoms with E-state index in [1.807, 2.05) is 0 Å². The molecule has 2 heterocycles. The normalized spacial score (nSPS) is 11.0. The average Bonchev–Trinajstić information content (AvgIpc) is 3.46. The van der Waals surface area contributed by atoms with E-state index >= 15 is 0 Å². The summed E-state index contributed by atoms with van der Waals surface area (Å²) >= 11 is 6.09. The highest BCUT2D eigenvalue weighted by Crippen LogP contribution is 2.33. The molecule has 5 rings (SSSR count). The fourth-order valence-electron chi connectivity index (χ4n) is 3.42. The first-order chi connectivity index (χ1) is 16.4. The third-order valence-corrected chi connectivity index (χ3v) is 5.32. The molecule has 0 unspecified atom stereocenters. The number of furan rings is 1. The highest BCUT2D eigenvalue weighted by atomic mass is 35.5. The molecular formula is C24H13ClFN3O5. The van der Waals surface area contributed by atoms with Gasteiger partial charge >= 0.3 is 0 Å². The second-order valence-corrected chi connectivity index (χ2v) is 7.63. The molecule has 1 N–H and O–H groups in total. The van der Waals surface area contributed by atoms with E-state index in [1.165, 1.54) is 36.4 Å². The van der Waals surface area contributed by atoms with Crippen LogP contribution in [0.1, 0.15) is 10.6 Å². The molecule has 0 radical (unpaired) electrons. The van der Waals surface area contributed by atoms with Crippen LogP contribution in [0.4, 0.5) is 15.8 Å². The Morgan fingerprint density at radius 3 is 2.62 bits per heavy atom. The Balaban J connectivity index is 1.39. The number of nitro benzene ring substituents is 1. The molecule has 10 heteroatoms. The summed E-state index contributed by atoms with van der Waals surface area (Å²) < 4.78 is 24.6. The molecule has 5 aromatic rings. The number of amides is 1. The Morgan fingerprint density at radius 2 is 1.82 bits per heavy atom. The number of para-hydroxylation sites is 1. The van der Waals surface area contributed by atoms with Crippen LogP contribution in [-0.4, -0.2) is 15.8 Å². The largest absolute Gasteiger partial charge is 0.451 e. The average molecular weight is 478 g/mol. The minimum absolute atomic E-state index is 0.0211. The summed E-state index contributed by atoms with van der Waals surface area (Å²) in [5.41, 5.74) is 1.90. The van der Waals surface area contributed by atoms with Gasteiger partial charge in [0.1, 0.15) is 17.1 Å². The van der Waals surface area contributed by atoms with Gasteiger partial charge in [0.2, 0.25) is 5.89 Å². The Hall–Kier alpha value is -4.50. The van der Waals surface area contributed by atoms with Gasteiger partial charge in [-0.05, 0) is 54.6 Å². The summed E-state index contributed by atoms with van der Waals surface area (Å²) in [6, 6.07) is 17.8. The van der Waals surface area contributed by atoms with E-state index in [2.05, 4.69) is 10.3 Å². The van der Waals surface area contributed by atoms with Crippen molar-refractivity contribution in [1.29, 1.82) is 0 Å². The molecule has 0 saturated carbocycles. The quantitative estimate of drug-likeness (QED) is 0.222. The first-order valence-corrected chi connectivity index (χ1v) is 10.3. The number of fused-ring (bicyclic) bond motifs is 1. The van der Waals surface area contributed by atoms with Crippen molar-refractivity contribution in [3.05, 3.63) is 99.5 Å². The predicted molar refractivity (Wildman–Crippen MR) is 123 cm³/mol. The first-order valence-electron chi connectivity index (χ1n) is 9.90. The van der Waals surface area contributed by atoms with Crippen molar-refractivity contribution in [2.24, 2.45) is 0 Å². The molecule has 0 aliphatic rings. The van der Waals surface area contributed by atoms with E-state index in [9.17, 15) is 19.3 Å². The Kier molecular flexibility index (Phi) is 5.31. The highest BCUT2D eigenvalue weighted by molar-refractivity contribution is 6.33. The van der Waals surface area contributed by atoms with Crippen LogP contribution >= 0.6 is 11.6 Å². The Bertz CT molecular complexity index is 1580. The van der Waals surface area contributed by atoms with E-state index in [4.69, 9.17) is 20.4 Å². The zero-order chi connectivity index (χ0) is 23.8. The van der Waals surface area contributed by atoms with Crippen LogP contribution in [0.15, 0.2) is 81.6 Å². The van der Waals surface area contributed by atoms with Gasteiger partial charge in [-0.25, -0.2) is 9.37 Å². The molecule has 34 heavy (non-hydrogen) atoms. The number of hydrogen-bond acceptors (Lipinski definition) is 6. The van der Waals surface area contributed by atoms with Gasteiger partial charge in [0, 0.05) is 11.8 Å². The van der Waals surface area contributed by atoms with Crippen molar-refractivity contribution in [2.75, 3.05) is 5.32 Å². The molecule has 0 fully saturated rings. The van der Waals surface area contributed by atoms with Gasteiger partial charge in [0.15, 0.2) is 11.3 Å². The molecule has 1 amide bonds. The van der Waals surface area contributed by atoms with Crippen molar-refractivity contribution < 1.29 is 22.9 Å². The smallest absolute Gasteiger partial charge is 0.291 e. The van der Waals surface area contributed by atoms with Crippen LogP contribution in [-0.2, 0) is 0 Å². The fourth-order valence-corrected chi connectivity index (χ4v) is 3.67. The number of halogens is 2. The number of anilines is 1. The van der Waals surface area contributed by atoms with Crippen molar-refractivity contribution in [2.45, 2.75) is 0 Å². The van der Waals surface area contributed by atoms with Crippen molar-refractivity contribution >= 4 is 40.0 Å². The maximum absolute atomic E-state index is 13.3. The third-order valence-electron chi connectivity index (χ3n) is 5.00. The SMILES string of the molecule is O=C(Nc1ccc2oc(-c3ccc(F)cc3Cl)nc2c1)c1ccc(-c2ccccc2[N+](=O)[O-])o1. The van der Waals surface area contributed by atoms with Crippen LogP contribution in [0, 0.1) is 15.9 Å². The van der Waals surface area contributed by atoms with Crippen LogP contribution in [0.5, 0.6) is 0 Å². The number of nitrogens with one attached hydrogen (secondary N) is 1. The molecule has 0 saturated heterocycles. The lowest BCUT2D eigenvalue weighted by molar-refractivity contribution is -0.384. The Morgan fingerprint density at radius 1 is 1.00 bits per heavy atom. The van der Waals surface area contributed by atoms with Crippen LogP contribution in [0.25, 0.3) is 33.9 Å². The summed E-state index contributed by atoms with van der Waals surface area (Å²) in [7, 11) is 0. The number of carbonyl (C=O) groups excluding carboxylic acids is 1. The van der Waals surface area contributed by atoms with Crippen LogP contribution in [0.2, 0.25) is 5.02 Å². The summed E-state index contributed by atoms with van der Waals surface area (Å²) in [5.74, 6) is -0.631. The maximum atomic E-state index is 13.3. The molecule has 0 aliphatic heterocycles. The van der Waals surface area contributed by atoms with Gasteiger partial charge in [0.25, 0.3) is 11.6 Å². The minimum Gasteiger partial charge on any atom is -0.451 e. The predicted octanol–water partition coefficient (Wildman–Crippen LogP) is 6.71.